The summed E-state index contributed by atoms with van der Waals surface area (Å²) in [5, 5.41) is 22.1. The van der Waals surface area contributed by atoms with E-state index in [0.29, 0.717) is 42.2 Å². The number of β-amino-alcohol motifs (C(OH)–C–C–N with tert-alkyl or cyclic N) is 1. The van der Waals surface area contributed by atoms with Gasteiger partial charge in [0.15, 0.2) is 0 Å². The predicted molar refractivity (Wildman–Crippen MR) is 143 cm³/mol. The van der Waals surface area contributed by atoms with E-state index in [9.17, 15) is 15.0 Å². The van der Waals surface area contributed by atoms with Crippen molar-refractivity contribution in [3.05, 3.63) is 65.7 Å². The molecular weight excluding hydrogens is 478 g/mol. The van der Waals surface area contributed by atoms with E-state index in [1.54, 1.807) is 31.7 Å². The summed E-state index contributed by atoms with van der Waals surface area (Å²) in [5.41, 5.74) is 3.32. The van der Waals surface area contributed by atoms with Crippen LogP contribution < -0.4 is 9.80 Å². The van der Waals surface area contributed by atoms with Gasteiger partial charge in [0.1, 0.15) is 17.3 Å². The molecule has 3 heterocycles. The molecule has 1 saturated heterocycles. The molecule has 4 rings (SSSR count). The number of amides is 1. The first-order chi connectivity index (χ1) is 17.1. The topological polar surface area (TPSA) is 93.0 Å². The summed E-state index contributed by atoms with van der Waals surface area (Å²) in [6.07, 6.45) is 6.45. The molecule has 9 heteroatoms. The SMILES string of the molecule is Cc1cc(-c2ccc(N(C)/C=C\N(C)C=O)c(Cl)c2)c(O)c(-c2ccnc(N3CC[C@](C)(O)C3)c2)n1. The molecule has 0 saturated carbocycles. The van der Waals surface area contributed by atoms with Gasteiger partial charge in [0, 0.05) is 62.6 Å². The first-order valence-corrected chi connectivity index (χ1v) is 12.0. The van der Waals surface area contributed by atoms with Crippen molar-refractivity contribution in [3.8, 4) is 28.1 Å². The number of carbonyl (C=O) groups excluding carboxylic acids is 1. The van der Waals surface area contributed by atoms with Crippen molar-refractivity contribution in [1.82, 2.24) is 14.9 Å². The van der Waals surface area contributed by atoms with Gasteiger partial charge in [-0.1, -0.05) is 17.7 Å². The maximum absolute atomic E-state index is 11.3. The third-order valence-corrected chi connectivity index (χ3v) is 6.55. The number of carbonyl (C=O) groups is 1. The summed E-state index contributed by atoms with van der Waals surface area (Å²) in [5.74, 6) is 0.786. The van der Waals surface area contributed by atoms with Crippen LogP contribution in [-0.2, 0) is 4.79 Å². The second-order valence-corrected chi connectivity index (χ2v) is 9.83. The molecule has 36 heavy (non-hydrogen) atoms. The zero-order valence-electron chi connectivity index (χ0n) is 20.8. The van der Waals surface area contributed by atoms with Crippen LogP contribution >= 0.6 is 11.6 Å². The first-order valence-electron chi connectivity index (χ1n) is 11.6. The Morgan fingerprint density at radius 1 is 1.14 bits per heavy atom. The van der Waals surface area contributed by atoms with Crippen LogP contribution in [0.25, 0.3) is 22.4 Å². The second-order valence-electron chi connectivity index (χ2n) is 9.43. The normalized spacial score (nSPS) is 17.6. The highest BCUT2D eigenvalue weighted by Gasteiger charge is 2.32. The van der Waals surface area contributed by atoms with E-state index in [2.05, 4.69) is 9.97 Å². The molecule has 188 valence electrons. The molecule has 2 aromatic heterocycles. The summed E-state index contributed by atoms with van der Waals surface area (Å²) in [7, 11) is 3.48. The quantitative estimate of drug-likeness (QED) is 0.457. The van der Waals surface area contributed by atoms with Gasteiger partial charge in [0.25, 0.3) is 0 Å². The van der Waals surface area contributed by atoms with Crippen molar-refractivity contribution in [2.45, 2.75) is 25.9 Å². The molecule has 0 bridgehead atoms. The summed E-state index contributed by atoms with van der Waals surface area (Å²) < 4.78 is 0. The number of nitrogens with zero attached hydrogens (tertiary/aromatic N) is 5. The molecule has 2 N–H and O–H groups in total. The third kappa shape index (κ3) is 5.45. The number of benzene rings is 1. The summed E-state index contributed by atoms with van der Waals surface area (Å²) in [6, 6.07) is 11.1. The molecule has 0 radical (unpaired) electrons. The highest BCUT2D eigenvalue weighted by Crippen LogP contribution is 2.40. The lowest BCUT2D eigenvalue weighted by Gasteiger charge is -2.20. The molecule has 0 unspecified atom stereocenters. The fourth-order valence-electron chi connectivity index (χ4n) is 4.25. The summed E-state index contributed by atoms with van der Waals surface area (Å²) >= 11 is 6.60. The number of aryl methyl sites for hydroxylation is 1. The highest BCUT2D eigenvalue weighted by atomic mass is 35.5. The van der Waals surface area contributed by atoms with Crippen LogP contribution in [0.4, 0.5) is 11.5 Å². The minimum Gasteiger partial charge on any atom is -0.505 e. The Morgan fingerprint density at radius 3 is 2.58 bits per heavy atom. The molecule has 3 aromatic rings. The zero-order chi connectivity index (χ0) is 26.0. The smallest absolute Gasteiger partial charge is 0.213 e. The molecule has 0 spiro atoms. The van der Waals surface area contributed by atoms with E-state index in [0.717, 1.165) is 28.3 Å². The Morgan fingerprint density at radius 2 is 1.92 bits per heavy atom. The number of rotatable bonds is 7. The molecule has 1 amide bonds. The fraction of sp³-hybridized carbons (Fsp3) is 0.296. The number of hydrogen-bond donors (Lipinski definition) is 2. The Labute approximate surface area is 216 Å². The monoisotopic (exact) mass is 507 g/mol. The molecule has 1 aliphatic heterocycles. The van der Waals surface area contributed by atoms with E-state index in [1.807, 2.05) is 61.0 Å². The van der Waals surface area contributed by atoms with Crippen LogP contribution in [0.1, 0.15) is 19.0 Å². The lowest BCUT2D eigenvalue weighted by molar-refractivity contribution is -0.115. The second kappa shape index (κ2) is 10.2. The number of aromatic hydroxyl groups is 1. The van der Waals surface area contributed by atoms with Crippen LogP contribution in [0, 0.1) is 6.92 Å². The van der Waals surface area contributed by atoms with E-state index in [-0.39, 0.29) is 5.75 Å². The maximum atomic E-state index is 11.3. The number of pyridine rings is 2. The van der Waals surface area contributed by atoms with Crippen LogP contribution in [-0.4, -0.2) is 64.3 Å². The van der Waals surface area contributed by atoms with Gasteiger partial charge < -0.3 is 24.9 Å². The molecule has 8 nitrogen and oxygen atoms in total. The lowest BCUT2D eigenvalue weighted by atomic mass is 10.0. The average Bonchev–Trinajstić information content (AvgIpc) is 3.23. The van der Waals surface area contributed by atoms with Crippen molar-refractivity contribution in [2.75, 3.05) is 37.0 Å². The zero-order valence-corrected chi connectivity index (χ0v) is 21.6. The molecule has 1 aromatic carbocycles. The average molecular weight is 508 g/mol. The number of aliphatic hydroxyl groups is 1. The van der Waals surface area contributed by atoms with Crippen molar-refractivity contribution >= 4 is 29.5 Å². The standard InChI is InChI=1S/C27H30ClN5O3/c1-18-13-21(19-5-6-23(22(28)14-19)32(4)12-11-31(3)17-34)26(35)25(30-18)20-7-9-29-24(15-20)33-10-8-27(2,36)16-33/h5-7,9,11-15,17,35-36H,8,10,16H2,1-4H3/b12-11-/t27-/m0/s1. The number of aromatic nitrogens is 2. The van der Waals surface area contributed by atoms with Gasteiger partial charge in [-0.25, -0.2) is 9.97 Å². The first kappa shape index (κ1) is 25.5. The lowest BCUT2D eigenvalue weighted by Crippen LogP contribution is -2.29. The summed E-state index contributed by atoms with van der Waals surface area (Å²) in [4.78, 5) is 25.1. The Bertz CT molecular complexity index is 1310. The Balaban J connectivity index is 1.68. The van der Waals surface area contributed by atoms with Crippen LogP contribution in [0.3, 0.4) is 0 Å². The van der Waals surface area contributed by atoms with Gasteiger partial charge in [-0.2, -0.15) is 0 Å². The Kier molecular flexibility index (Phi) is 7.19. The highest BCUT2D eigenvalue weighted by molar-refractivity contribution is 6.33. The van der Waals surface area contributed by atoms with Gasteiger partial charge >= 0.3 is 0 Å². The van der Waals surface area contributed by atoms with Crippen molar-refractivity contribution in [1.29, 1.82) is 0 Å². The molecule has 1 fully saturated rings. The van der Waals surface area contributed by atoms with Gasteiger partial charge in [0.05, 0.1) is 16.3 Å². The van der Waals surface area contributed by atoms with Gasteiger partial charge in [-0.05, 0) is 56.2 Å². The number of halogens is 1. The molecule has 1 aliphatic rings. The van der Waals surface area contributed by atoms with Gasteiger partial charge in [-0.15, -0.1) is 0 Å². The van der Waals surface area contributed by atoms with E-state index in [1.165, 1.54) is 4.90 Å². The number of hydrogen-bond acceptors (Lipinski definition) is 7. The van der Waals surface area contributed by atoms with E-state index < -0.39 is 5.60 Å². The van der Waals surface area contributed by atoms with Crippen LogP contribution in [0.2, 0.25) is 5.02 Å². The molecule has 1 atom stereocenters. The Hall–Kier alpha value is -3.62. The minimum absolute atomic E-state index is 0.0517. The fourth-order valence-corrected chi connectivity index (χ4v) is 4.56. The molecular formula is C27H30ClN5O3. The minimum atomic E-state index is -0.742. The predicted octanol–water partition coefficient (Wildman–Crippen LogP) is 4.43. The van der Waals surface area contributed by atoms with Crippen LogP contribution in [0.5, 0.6) is 5.75 Å². The van der Waals surface area contributed by atoms with E-state index in [4.69, 9.17) is 11.6 Å². The van der Waals surface area contributed by atoms with Crippen molar-refractivity contribution < 1.29 is 15.0 Å². The third-order valence-electron chi connectivity index (χ3n) is 6.25. The van der Waals surface area contributed by atoms with E-state index >= 15 is 0 Å². The summed E-state index contributed by atoms with van der Waals surface area (Å²) in [6.45, 7) is 4.92. The van der Waals surface area contributed by atoms with Gasteiger partial charge in [-0.3, -0.25) is 4.79 Å². The maximum Gasteiger partial charge on any atom is 0.213 e. The molecule has 0 aliphatic carbocycles. The largest absolute Gasteiger partial charge is 0.505 e. The number of anilines is 2. The van der Waals surface area contributed by atoms with Crippen molar-refractivity contribution in [2.24, 2.45) is 0 Å². The van der Waals surface area contributed by atoms with Crippen LogP contribution in [0.15, 0.2) is 55.0 Å². The van der Waals surface area contributed by atoms with Gasteiger partial charge in [0.2, 0.25) is 6.41 Å². The van der Waals surface area contributed by atoms with Crippen molar-refractivity contribution in [3.63, 3.8) is 0 Å².